The molecule has 0 aromatic rings. The van der Waals surface area contributed by atoms with Crippen LogP contribution in [0, 0.1) is 23.7 Å². The van der Waals surface area contributed by atoms with Crippen LogP contribution in [-0.2, 0) is 28.6 Å². The molecule has 0 aromatic carbocycles. The van der Waals surface area contributed by atoms with Gasteiger partial charge in [-0.05, 0) is 59.2 Å². The fourth-order valence-corrected chi connectivity index (χ4v) is 5.84. The Morgan fingerprint density at radius 2 is 1.77 bits per heavy atom. The zero-order valence-electron chi connectivity index (χ0n) is 25.5. The zero-order chi connectivity index (χ0) is 30.1. The molecule has 0 unspecified atom stereocenters. The van der Waals surface area contributed by atoms with Crippen molar-refractivity contribution in [1.29, 1.82) is 0 Å². The molecule has 0 spiro atoms. The van der Waals surface area contributed by atoms with E-state index in [0.29, 0.717) is 19.3 Å². The molecular formula is C31H51NO8. The molecule has 1 saturated heterocycles. The van der Waals surface area contributed by atoms with E-state index in [1.807, 2.05) is 59.7 Å². The molecule has 2 aliphatic heterocycles. The number of allylic oxidation sites excluding steroid dienone is 3. The molecule has 11 atom stereocenters. The Morgan fingerprint density at radius 3 is 2.38 bits per heavy atom. The van der Waals surface area contributed by atoms with Crippen LogP contribution in [0.2, 0.25) is 0 Å². The van der Waals surface area contributed by atoms with Crippen molar-refractivity contribution in [2.24, 2.45) is 23.7 Å². The Morgan fingerprint density at radius 1 is 1.10 bits per heavy atom. The molecule has 9 heteroatoms. The van der Waals surface area contributed by atoms with Crippen LogP contribution in [0.15, 0.2) is 23.8 Å². The number of aliphatic hydroxyl groups excluding tert-OH is 2. The lowest BCUT2D eigenvalue weighted by Gasteiger charge is -2.44. The van der Waals surface area contributed by atoms with E-state index >= 15 is 0 Å². The van der Waals surface area contributed by atoms with E-state index in [-0.39, 0.29) is 42.8 Å². The molecule has 0 bridgehead atoms. The van der Waals surface area contributed by atoms with Gasteiger partial charge in [-0.2, -0.15) is 0 Å². The maximum Gasteiger partial charge on any atom is 0.308 e. The summed E-state index contributed by atoms with van der Waals surface area (Å²) in [5, 5.41) is 22.3. The first-order chi connectivity index (χ1) is 18.8. The van der Waals surface area contributed by atoms with Crippen molar-refractivity contribution >= 4 is 18.0 Å². The van der Waals surface area contributed by atoms with Crippen molar-refractivity contribution in [2.45, 2.75) is 116 Å². The van der Waals surface area contributed by atoms with Gasteiger partial charge in [0.05, 0.1) is 24.7 Å². The van der Waals surface area contributed by atoms with E-state index in [9.17, 15) is 24.6 Å². The molecule has 0 radical (unpaired) electrons. The van der Waals surface area contributed by atoms with E-state index in [1.54, 1.807) is 19.1 Å². The van der Waals surface area contributed by atoms with Crippen molar-refractivity contribution in [3.05, 3.63) is 23.8 Å². The summed E-state index contributed by atoms with van der Waals surface area (Å²) in [6.45, 7) is 11.3. The quantitative estimate of drug-likeness (QED) is 0.368. The lowest BCUT2D eigenvalue weighted by Crippen LogP contribution is -2.56. The molecule has 2 N–H and O–H groups in total. The minimum Gasteiger partial charge on any atom is -0.462 e. The molecule has 0 amide bonds. The van der Waals surface area contributed by atoms with Crippen LogP contribution < -0.4 is 0 Å². The summed E-state index contributed by atoms with van der Waals surface area (Å²) in [6.07, 6.45) is 2.94. The van der Waals surface area contributed by atoms with Gasteiger partial charge in [-0.3, -0.25) is 9.59 Å². The highest BCUT2D eigenvalue weighted by atomic mass is 16.7. The molecule has 228 valence electrons. The van der Waals surface area contributed by atoms with Crippen LogP contribution in [0.3, 0.4) is 0 Å². The van der Waals surface area contributed by atoms with Gasteiger partial charge < -0.3 is 34.1 Å². The van der Waals surface area contributed by atoms with Crippen molar-refractivity contribution < 1.29 is 38.8 Å². The van der Waals surface area contributed by atoms with Crippen LogP contribution >= 0.6 is 0 Å². The number of carbonyl (C=O) groups is 3. The summed E-state index contributed by atoms with van der Waals surface area (Å²) in [6, 6.07) is -0.213. The maximum atomic E-state index is 13.1. The summed E-state index contributed by atoms with van der Waals surface area (Å²) in [5.41, 5.74) is 0.877. The van der Waals surface area contributed by atoms with Crippen LogP contribution in [0.25, 0.3) is 0 Å². The highest BCUT2D eigenvalue weighted by molar-refractivity contribution is 5.91. The van der Waals surface area contributed by atoms with Gasteiger partial charge in [0.2, 0.25) is 0 Å². The van der Waals surface area contributed by atoms with E-state index in [4.69, 9.17) is 14.2 Å². The lowest BCUT2D eigenvalue weighted by molar-refractivity contribution is -0.283. The summed E-state index contributed by atoms with van der Waals surface area (Å²) in [7, 11) is 3.76. The molecule has 9 nitrogen and oxygen atoms in total. The first-order valence-corrected chi connectivity index (χ1v) is 14.7. The van der Waals surface area contributed by atoms with Gasteiger partial charge in [0.25, 0.3) is 0 Å². The van der Waals surface area contributed by atoms with Crippen molar-refractivity contribution in [3.8, 4) is 0 Å². The average molecular weight is 566 g/mol. The van der Waals surface area contributed by atoms with Gasteiger partial charge in [-0.25, -0.2) is 0 Å². The van der Waals surface area contributed by atoms with Gasteiger partial charge in [0, 0.05) is 30.2 Å². The lowest BCUT2D eigenvalue weighted by atomic mass is 9.79. The van der Waals surface area contributed by atoms with Crippen LogP contribution in [-0.4, -0.2) is 90.1 Å². The van der Waals surface area contributed by atoms with Crippen LogP contribution in [0.5, 0.6) is 0 Å². The maximum absolute atomic E-state index is 13.1. The molecule has 40 heavy (non-hydrogen) atoms. The summed E-state index contributed by atoms with van der Waals surface area (Å²) in [5.74, 6) is -2.20. The van der Waals surface area contributed by atoms with E-state index in [2.05, 4.69) is 0 Å². The number of hydrogen-bond donors (Lipinski definition) is 2. The van der Waals surface area contributed by atoms with Crippen molar-refractivity contribution in [1.82, 2.24) is 4.90 Å². The van der Waals surface area contributed by atoms with Gasteiger partial charge in [-0.1, -0.05) is 45.4 Å². The second-order valence-corrected chi connectivity index (χ2v) is 12.0. The minimum atomic E-state index is -1.14. The Bertz CT molecular complexity index is 902. The number of nitrogens with zero attached hydrogens (tertiary/aromatic N) is 1. The highest BCUT2D eigenvalue weighted by Gasteiger charge is 2.43. The van der Waals surface area contributed by atoms with Crippen molar-refractivity contribution in [3.63, 3.8) is 0 Å². The van der Waals surface area contributed by atoms with Crippen LogP contribution in [0.4, 0.5) is 0 Å². The largest absolute Gasteiger partial charge is 0.462 e. The predicted octanol–water partition coefficient (Wildman–Crippen LogP) is 3.46. The Kier molecular flexibility index (Phi) is 13.6. The monoisotopic (exact) mass is 565 g/mol. The first-order valence-electron chi connectivity index (χ1n) is 14.7. The summed E-state index contributed by atoms with van der Waals surface area (Å²) >= 11 is 0. The predicted molar refractivity (Wildman–Crippen MR) is 152 cm³/mol. The smallest absolute Gasteiger partial charge is 0.308 e. The molecule has 1 fully saturated rings. The number of aldehydes is 1. The Hall–Kier alpha value is -1.91. The van der Waals surface area contributed by atoms with E-state index in [0.717, 1.165) is 11.9 Å². The molecule has 0 aliphatic carbocycles. The fourth-order valence-electron chi connectivity index (χ4n) is 5.84. The Balaban J connectivity index is 2.48. The molecule has 0 aromatic heterocycles. The number of ether oxygens (including phenoxy) is 3. The third kappa shape index (κ3) is 9.58. The van der Waals surface area contributed by atoms with Crippen LogP contribution in [0.1, 0.15) is 73.6 Å². The number of rotatable bonds is 6. The number of esters is 1. The van der Waals surface area contributed by atoms with Gasteiger partial charge >= 0.3 is 5.97 Å². The highest BCUT2D eigenvalue weighted by Crippen LogP contribution is 2.34. The topological polar surface area (TPSA) is 123 Å². The molecule has 2 heterocycles. The molecule has 2 aliphatic rings. The number of carbonyl (C=O) groups excluding carboxylic acids is 3. The van der Waals surface area contributed by atoms with Gasteiger partial charge in [-0.15, -0.1) is 0 Å². The minimum absolute atomic E-state index is 0.0796. The SMILES string of the molecule is CC[C@H]1OC(=O)C[C@@H](O)[C@H](C)[C@@H](O[C@@H]2O[C@H](C)C[C@H](N(C)C)[C@H]2O)[C@@H](CC=O)C[C@@H](C)C(=O)/C=C/C(C)=C/[C@@H]1C. The first kappa shape index (κ1) is 34.3. The molecule has 0 saturated carbocycles. The van der Waals surface area contributed by atoms with E-state index < -0.39 is 48.3 Å². The third-order valence-electron chi connectivity index (χ3n) is 8.38. The second-order valence-electron chi connectivity index (χ2n) is 12.0. The third-order valence-corrected chi connectivity index (χ3v) is 8.38. The Labute approximate surface area is 239 Å². The fraction of sp³-hybridized carbons (Fsp3) is 0.774. The number of aliphatic hydroxyl groups is 2. The van der Waals surface area contributed by atoms with Gasteiger partial charge in [0.1, 0.15) is 18.5 Å². The second kappa shape index (κ2) is 15.9. The summed E-state index contributed by atoms with van der Waals surface area (Å²) in [4.78, 5) is 39.7. The number of likely N-dealkylation sites (N-methyl/N-ethyl adjacent to an activating group) is 1. The van der Waals surface area contributed by atoms with Crippen molar-refractivity contribution in [2.75, 3.05) is 14.1 Å². The number of cyclic esters (lactones) is 1. The van der Waals surface area contributed by atoms with Gasteiger partial charge in [0.15, 0.2) is 12.1 Å². The van der Waals surface area contributed by atoms with E-state index in [1.165, 1.54) is 0 Å². The summed E-state index contributed by atoms with van der Waals surface area (Å²) < 4.78 is 18.2. The standard InChI is InChI=1S/C31H51NO8/c1-9-27-20(4)14-18(2)10-11-25(34)19(3)15-23(12-13-33)30(22(6)26(35)17-28(36)39-27)40-31-29(37)24(32(7)8)16-21(5)38-31/h10-11,13-14,19-24,26-27,29-31,35,37H,9,12,15-17H2,1-8H3/b11-10+,18-14+/t19-,20+,21-,22+,23+,24+,26-,27-,29-,30-,31+/m1/s1. The average Bonchev–Trinajstić information content (AvgIpc) is 2.88. The number of hydrogen-bond acceptors (Lipinski definition) is 9. The molecule has 2 rings (SSSR count). The normalized spacial score (nSPS) is 41.2. The zero-order valence-corrected chi connectivity index (χ0v) is 25.5. The molecular weight excluding hydrogens is 514 g/mol. The number of ketones is 1.